The number of amides is 2. The lowest BCUT2D eigenvalue weighted by molar-refractivity contribution is -0.158. The van der Waals surface area contributed by atoms with Gasteiger partial charge in [-0.15, -0.1) is 0 Å². The van der Waals surface area contributed by atoms with E-state index in [9.17, 15) is 19.2 Å². The summed E-state index contributed by atoms with van der Waals surface area (Å²) in [5, 5.41) is 4.95. The van der Waals surface area contributed by atoms with Gasteiger partial charge in [0, 0.05) is 13.0 Å². The second kappa shape index (κ2) is 11.5. The lowest BCUT2D eigenvalue weighted by atomic mass is 10.1. The predicted octanol–water partition coefficient (Wildman–Crippen LogP) is 2.07. The average Bonchev–Trinajstić information content (AvgIpc) is 2.48. The number of carbonyl (C=O) groups is 4. The van der Waals surface area contributed by atoms with E-state index in [4.69, 9.17) is 14.2 Å². The van der Waals surface area contributed by atoms with Crippen LogP contribution < -0.4 is 10.6 Å². The molecule has 0 aromatic rings. The highest BCUT2D eigenvalue weighted by Gasteiger charge is 2.28. The van der Waals surface area contributed by atoms with Gasteiger partial charge in [0.15, 0.2) is 0 Å². The molecule has 0 bridgehead atoms. The van der Waals surface area contributed by atoms with Crippen molar-refractivity contribution in [3.8, 4) is 0 Å². The summed E-state index contributed by atoms with van der Waals surface area (Å²) in [4.78, 5) is 47.6. The second-order valence-electron chi connectivity index (χ2n) is 8.17. The Labute approximate surface area is 166 Å². The molecule has 2 amide bonds. The molecular formula is C19H34N2O7. The molecule has 0 aromatic heterocycles. The van der Waals surface area contributed by atoms with Crippen LogP contribution in [0.2, 0.25) is 0 Å². The molecule has 0 aromatic carbocycles. The third-order valence-electron chi connectivity index (χ3n) is 2.97. The molecule has 0 aliphatic carbocycles. The normalized spacial score (nSPS) is 12.5. The third kappa shape index (κ3) is 13.8. The van der Waals surface area contributed by atoms with Crippen molar-refractivity contribution in [2.24, 2.45) is 0 Å². The maximum absolute atomic E-state index is 12.4. The molecule has 0 radical (unpaired) electrons. The number of carbonyl (C=O) groups excluding carboxylic acids is 4. The number of hydrogen-bond donors (Lipinski definition) is 2. The van der Waals surface area contributed by atoms with Crippen LogP contribution >= 0.6 is 0 Å². The topological polar surface area (TPSA) is 120 Å². The molecule has 28 heavy (non-hydrogen) atoms. The zero-order valence-electron chi connectivity index (χ0n) is 18.0. The molecule has 0 heterocycles. The first kappa shape index (κ1) is 25.7. The van der Waals surface area contributed by atoms with Gasteiger partial charge >= 0.3 is 23.9 Å². The summed E-state index contributed by atoms with van der Waals surface area (Å²) in [5.41, 5.74) is -1.39. The summed E-state index contributed by atoms with van der Waals surface area (Å²) in [6.07, 6.45) is -0.0321. The molecular weight excluding hydrogens is 368 g/mol. The van der Waals surface area contributed by atoms with Crippen LogP contribution in [0.5, 0.6) is 0 Å². The second-order valence-corrected chi connectivity index (χ2v) is 8.17. The maximum atomic E-state index is 12.4. The minimum atomic E-state index is -1.03. The van der Waals surface area contributed by atoms with Crippen molar-refractivity contribution in [2.45, 2.75) is 85.0 Å². The fraction of sp³-hybridized carbons (Fsp3) is 0.789. The van der Waals surface area contributed by atoms with Crippen LogP contribution in [0, 0.1) is 0 Å². The van der Waals surface area contributed by atoms with E-state index >= 15 is 0 Å². The van der Waals surface area contributed by atoms with E-state index in [-0.39, 0.29) is 32.4 Å². The van der Waals surface area contributed by atoms with Gasteiger partial charge in [-0.05, 0) is 54.9 Å². The van der Waals surface area contributed by atoms with Gasteiger partial charge < -0.3 is 24.8 Å². The van der Waals surface area contributed by atoms with E-state index in [2.05, 4.69) is 10.6 Å². The molecule has 9 nitrogen and oxygen atoms in total. The lowest BCUT2D eigenvalue weighted by Crippen LogP contribution is -2.48. The zero-order chi connectivity index (χ0) is 22.0. The van der Waals surface area contributed by atoms with Crippen LogP contribution in [0.25, 0.3) is 0 Å². The van der Waals surface area contributed by atoms with Gasteiger partial charge in [-0.1, -0.05) is 0 Å². The highest BCUT2D eigenvalue weighted by Crippen LogP contribution is 2.13. The van der Waals surface area contributed by atoms with Crippen molar-refractivity contribution in [3.05, 3.63) is 0 Å². The lowest BCUT2D eigenvalue weighted by Gasteiger charge is -2.25. The Morgan fingerprint density at radius 3 is 1.93 bits per heavy atom. The monoisotopic (exact) mass is 402 g/mol. The Hall–Kier alpha value is -2.32. The van der Waals surface area contributed by atoms with Gasteiger partial charge in [-0.25, -0.2) is 9.59 Å². The zero-order valence-corrected chi connectivity index (χ0v) is 18.0. The summed E-state index contributed by atoms with van der Waals surface area (Å²) in [5.74, 6) is -1.57. The summed E-state index contributed by atoms with van der Waals surface area (Å²) < 4.78 is 15.3. The summed E-state index contributed by atoms with van der Waals surface area (Å²) >= 11 is 0. The number of ether oxygens (including phenoxy) is 3. The standard InChI is InChI=1S/C19H34N2O7/c1-8-26-14(22)11-12-20-17(25)21-13(16(24)28-19(5,6)7)9-10-15(23)27-18(2,3)4/h13H,8-12H2,1-7H3,(H2,20,21,25)/t13-/m0/s1. The first-order valence-corrected chi connectivity index (χ1v) is 9.38. The van der Waals surface area contributed by atoms with Crippen molar-refractivity contribution in [1.29, 1.82) is 0 Å². The molecule has 0 unspecified atom stereocenters. The molecule has 9 heteroatoms. The van der Waals surface area contributed by atoms with Crippen LogP contribution in [-0.4, -0.2) is 54.3 Å². The fourth-order valence-corrected chi connectivity index (χ4v) is 2.00. The first-order chi connectivity index (χ1) is 12.7. The minimum Gasteiger partial charge on any atom is -0.466 e. The fourth-order valence-electron chi connectivity index (χ4n) is 2.00. The summed E-state index contributed by atoms with van der Waals surface area (Å²) in [7, 11) is 0. The largest absolute Gasteiger partial charge is 0.466 e. The van der Waals surface area contributed by atoms with Gasteiger partial charge in [0.05, 0.1) is 13.0 Å². The number of urea groups is 1. The van der Waals surface area contributed by atoms with E-state index in [0.717, 1.165) is 0 Å². The highest BCUT2D eigenvalue weighted by molar-refractivity contribution is 5.84. The number of esters is 3. The van der Waals surface area contributed by atoms with Crippen molar-refractivity contribution < 1.29 is 33.4 Å². The van der Waals surface area contributed by atoms with Crippen LogP contribution in [0.1, 0.15) is 67.7 Å². The minimum absolute atomic E-state index is 0.0102. The first-order valence-electron chi connectivity index (χ1n) is 9.38. The third-order valence-corrected chi connectivity index (χ3v) is 2.97. The Kier molecular flexibility index (Phi) is 10.6. The maximum Gasteiger partial charge on any atom is 0.329 e. The average molecular weight is 402 g/mol. The van der Waals surface area contributed by atoms with Crippen LogP contribution in [0.15, 0.2) is 0 Å². The van der Waals surface area contributed by atoms with Crippen molar-refractivity contribution in [2.75, 3.05) is 13.2 Å². The van der Waals surface area contributed by atoms with Gasteiger partial charge in [-0.2, -0.15) is 0 Å². The molecule has 2 N–H and O–H groups in total. The molecule has 1 atom stereocenters. The molecule has 0 saturated heterocycles. The van der Waals surface area contributed by atoms with Gasteiger partial charge in [0.2, 0.25) is 0 Å². The quantitative estimate of drug-likeness (QED) is 0.447. The number of nitrogens with one attached hydrogen (secondary N) is 2. The Bertz CT molecular complexity index is 547. The summed E-state index contributed by atoms with van der Waals surface area (Å²) in [6, 6.07) is -1.68. The van der Waals surface area contributed by atoms with Crippen molar-refractivity contribution >= 4 is 23.9 Å². The molecule has 0 aliphatic rings. The molecule has 0 spiro atoms. The van der Waals surface area contributed by atoms with Gasteiger partial charge in [0.25, 0.3) is 0 Å². The molecule has 0 aliphatic heterocycles. The summed E-state index contributed by atoms with van der Waals surface area (Å²) in [6.45, 7) is 12.3. The predicted molar refractivity (Wildman–Crippen MR) is 102 cm³/mol. The molecule has 162 valence electrons. The van der Waals surface area contributed by atoms with E-state index in [0.29, 0.717) is 0 Å². The Morgan fingerprint density at radius 1 is 0.857 bits per heavy atom. The van der Waals surface area contributed by atoms with Crippen LogP contribution in [-0.2, 0) is 28.6 Å². The number of hydrogen-bond acceptors (Lipinski definition) is 7. The molecule has 0 rings (SSSR count). The van der Waals surface area contributed by atoms with Crippen molar-refractivity contribution in [3.63, 3.8) is 0 Å². The number of rotatable bonds is 9. The Balaban J connectivity index is 4.76. The van der Waals surface area contributed by atoms with E-state index in [1.54, 1.807) is 48.5 Å². The Morgan fingerprint density at radius 2 is 1.43 bits per heavy atom. The van der Waals surface area contributed by atoms with E-state index in [1.165, 1.54) is 0 Å². The molecule has 0 fully saturated rings. The molecule has 0 saturated carbocycles. The SMILES string of the molecule is CCOC(=O)CCNC(=O)N[C@@H](CCC(=O)OC(C)(C)C)C(=O)OC(C)(C)C. The van der Waals surface area contributed by atoms with Crippen LogP contribution in [0.4, 0.5) is 4.79 Å². The van der Waals surface area contributed by atoms with Gasteiger partial charge in [0.1, 0.15) is 17.2 Å². The van der Waals surface area contributed by atoms with E-state index in [1.807, 2.05) is 0 Å². The van der Waals surface area contributed by atoms with E-state index < -0.39 is 41.2 Å². The highest BCUT2D eigenvalue weighted by atomic mass is 16.6. The van der Waals surface area contributed by atoms with Crippen LogP contribution in [0.3, 0.4) is 0 Å². The van der Waals surface area contributed by atoms with Crippen molar-refractivity contribution in [1.82, 2.24) is 10.6 Å². The smallest absolute Gasteiger partial charge is 0.329 e. The van der Waals surface area contributed by atoms with Gasteiger partial charge in [-0.3, -0.25) is 9.59 Å².